The molecule has 17 heavy (non-hydrogen) atoms. The van der Waals surface area contributed by atoms with Gasteiger partial charge in [-0.1, -0.05) is 44.7 Å². The topological polar surface area (TPSA) is 18.1 Å². The molecular weight excluding hydrogens is 230 g/mol. The van der Waals surface area contributed by atoms with E-state index >= 15 is 0 Å². The average Bonchev–Trinajstić information content (AvgIpc) is 2.65. The minimum Gasteiger partial charge on any atom is -0.429 e. The zero-order valence-electron chi connectivity index (χ0n) is 10.3. The monoisotopic (exact) mass is 249 g/mol. The molecule has 0 aliphatic heterocycles. The van der Waals surface area contributed by atoms with Gasteiger partial charge in [0.15, 0.2) is 5.58 Å². The van der Waals surface area contributed by atoms with Crippen LogP contribution in [0.15, 0.2) is 28.7 Å². The van der Waals surface area contributed by atoms with E-state index < -0.39 is 0 Å². The molecule has 2 aromatic rings. The summed E-state index contributed by atoms with van der Waals surface area (Å²) in [6.45, 7) is 3.21. The molecule has 1 heterocycles. The highest BCUT2D eigenvalue weighted by atomic mass is 32.1. The van der Waals surface area contributed by atoms with Crippen LogP contribution in [0.1, 0.15) is 39.0 Å². The van der Waals surface area contributed by atoms with Crippen LogP contribution in [0.25, 0.3) is 11.1 Å². The summed E-state index contributed by atoms with van der Waals surface area (Å²) in [6.07, 6.45) is 6.39. The van der Waals surface area contributed by atoms with Gasteiger partial charge >= 0.3 is 0 Å². The fourth-order valence-corrected chi connectivity index (χ4v) is 2.38. The Bertz CT molecular complexity index is 526. The van der Waals surface area contributed by atoms with Crippen molar-refractivity contribution < 1.29 is 4.42 Å². The molecule has 0 saturated carbocycles. The van der Waals surface area contributed by atoms with Crippen LogP contribution in [0, 0.1) is 4.84 Å². The Kier molecular flexibility index (Phi) is 4.37. The summed E-state index contributed by atoms with van der Waals surface area (Å²) in [4.78, 5) is 0.599. The Hall–Kier alpha value is -1.09. The highest BCUT2D eigenvalue weighted by Gasteiger charge is 2.04. The summed E-state index contributed by atoms with van der Waals surface area (Å²) in [6, 6.07) is 8.05. The van der Waals surface area contributed by atoms with Crippen LogP contribution in [0.4, 0.5) is 0 Å². The van der Waals surface area contributed by atoms with Crippen LogP contribution in [0.5, 0.6) is 0 Å². The Morgan fingerprint density at radius 3 is 2.71 bits per heavy atom. The maximum atomic E-state index is 5.55. The average molecular weight is 249 g/mol. The Morgan fingerprint density at radius 2 is 1.88 bits per heavy atom. The Morgan fingerprint density at radius 1 is 1.12 bits per heavy atom. The minimum atomic E-state index is 0.599. The Labute approximate surface area is 107 Å². The second-order valence-electron chi connectivity index (χ2n) is 4.40. The molecule has 0 bridgehead atoms. The van der Waals surface area contributed by atoms with E-state index in [0.717, 1.165) is 17.6 Å². The molecule has 0 N–H and O–H groups in total. The molecule has 1 aromatic carbocycles. The first kappa shape index (κ1) is 12.4. The molecule has 0 unspecified atom stereocenters. The molecule has 0 saturated heterocycles. The van der Waals surface area contributed by atoms with Crippen molar-refractivity contribution in [3.05, 3.63) is 29.1 Å². The fourth-order valence-electron chi connectivity index (χ4n) is 2.10. The van der Waals surface area contributed by atoms with Gasteiger partial charge in [-0.3, -0.25) is 4.57 Å². The number of hydrogen-bond acceptors (Lipinski definition) is 2. The number of fused-ring (bicyclic) bond motifs is 1. The van der Waals surface area contributed by atoms with Crippen LogP contribution < -0.4 is 0 Å². The van der Waals surface area contributed by atoms with Gasteiger partial charge in [0.2, 0.25) is 0 Å². The fraction of sp³-hybridized carbons (Fsp3) is 0.500. The number of hydrogen-bond donors (Lipinski definition) is 0. The molecule has 3 heteroatoms. The largest absolute Gasteiger partial charge is 0.429 e. The minimum absolute atomic E-state index is 0.599. The van der Waals surface area contributed by atoms with E-state index in [0.29, 0.717) is 4.84 Å². The normalized spacial score (nSPS) is 11.1. The molecule has 0 amide bonds. The number of nitrogens with zero attached hydrogens (tertiary/aromatic N) is 1. The molecule has 92 valence electrons. The quantitative estimate of drug-likeness (QED) is 0.533. The number of oxazole rings is 1. The number of aromatic nitrogens is 1. The molecule has 2 rings (SSSR count). The van der Waals surface area contributed by atoms with Crippen molar-refractivity contribution in [2.24, 2.45) is 0 Å². The third kappa shape index (κ3) is 2.97. The zero-order chi connectivity index (χ0) is 12.1. The summed E-state index contributed by atoms with van der Waals surface area (Å²) in [5, 5.41) is 0. The van der Waals surface area contributed by atoms with Crippen molar-refractivity contribution in [1.82, 2.24) is 4.57 Å². The van der Waals surface area contributed by atoms with Gasteiger partial charge in [-0.2, -0.15) is 0 Å². The van der Waals surface area contributed by atoms with E-state index in [1.165, 1.54) is 32.1 Å². The second kappa shape index (κ2) is 6.01. The number of unbranched alkanes of at least 4 members (excludes halogenated alkanes) is 4. The van der Waals surface area contributed by atoms with Crippen molar-refractivity contribution in [2.45, 2.75) is 45.6 Å². The van der Waals surface area contributed by atoms with Gasteiger partial charge in [-0.05, 0) is 30.8 Å². The van der Waals surface area contributed by atoms with Crippen LogP contribution in [0.3, 0.4) is 0 Å². The molecule has 0 aliphatic rings. The van der Waals surface area contributed by atoms with E-state index in [9.17, 15) is 0 Å². The molecule has 0 atom stereocenters. The van der Waals surface area contributed by atoms with Crippen molar-refractivity contribution in [1.29, 1.82) is 0 Å². The standard InChI is InChI=1S/C14H19NOS/c1-2-3-4-5-8-11-15-12-9-6-7-10-13(12)16-14(15)17/h6-7,9-10H,2-5,8,11H2,1H3. The predicted octanol–water partition coefficient (Wildman–Crippen LogP) is 4.93. The first-order valence-corrected chi connectivity index (χ1v) is 6.82. The molecule has 0 aliphatic carbocycles. The third-order valence-electron chi connectivity index (χ3n) is 3.06. The smallest absolute Gasteiger partial charge is 0.269 e. The van der Waals surface area contributed by atoms with Crippen LogP contribution in [-0.2, 0) is 6.54 Å². The van der Waals surface area contributed by atoms with E-state index in [2.05, 4.69) is 17.6 Å². The number of benzene rings is 1. The maximum Gasteiger partial charge on any atom is 0.269 e. The maximum absolute atomic E-state index is 5.55. The van der Waals surface area contributed by atoms with E-state index in [1.807, 2.05) is 18.2 Å². The van der Waals surface area contributed by atoms with Crippen LogP contribution in [-0.4, -0.2) is 4.57 Å². The number of para-hydroxylation sites is 2. The van der Waals surface area contributed by atoms with Gasteiger partial charge < -0.3 is 4.42 Å². The highest BCUT2D eigenvalue weighted by Crippen LogP contribution is 2.18. The SMILES string of the molecule is CCCCCCCn1c(=S)oc2ccccc21. The third-order valence-corrected chi connectivity index (χ3v) is 3.36. The summed E-state index contributed by atoms with van der Waals surface area (Å²) >= 11 is 5.25. The lowest BCUT2D eigenvalue weighted by molar-refractivity contribution is 0.511. The van der Waals surface area contributed by atoms with Crippen molar-refractivity contribution in [3.63, 3.8) is 0 Å². The first-order valence-electron chi connectivity index (χ1n) is 6.41. The number of rotatable bonds is 6. The van der Waals surface area contributed by atoms with Gasteiger partial charge in [-0.15, -0.1) is 0 Å². The summed E-state index contributed by atoms with van der Waals surface area (Å²) < 4.78 is 7.66. The van der Waals surface area contributed by atoms with Crippen molar-refractivity contribution in [3.8, 4) is 0 Å². The first-order chi connectivity index (χ1) is 8.33. The van der Waals surface area contributed by atoms with Crippen molar-refractivity contribution >= 4 is 23.3 Å². The predicted molar refractivity (Wildman–Crippen MR) is 73.8 cm³/mol. The van der Waals surface area contributed by atoms with Gasteiger partial charge in [-0.25, -0.2) is 0 Å². The zero-order valence-corrected chi connectivity index (χ0v) is 11.1. The number of aryl methyl sites for hydroxylation is 1. The highest BCUT2D eigenvalue weighted by molar-refractivity contribution is 7.71. The lowest BCUT2D eigenvalue weighted by Crippen LogP contribution is -1.97. The molecule has 1 aromatic heterocycles. The summed E-state index contributed by atoms with van der Waals surface area (Å²) in [7, 11) is 0. The van der Waals surface area contributed by atoms with E-state index in [4.69, 9.17) is 16.6 Å². The van der Waals surface area contributed by atoms with Gasteiger partial charge in [0.1, 0.15) is 0 Å². The van der Waals surface area contributed by atoms with Crippen LogP contribution in [0.2, 0.25) is 0 Å². The lowest BCUT2D eigenvalue weighted by Gasteiger charge is -2.02. The van der Waals surface area contributed by atoms with Gasteiger partial charge in [0.05, 0.1) is 5.52 Å². The summed E-state index contributed by atoms with van der Waals surface area (Å²) in [5.74, 6) is 0. The second-order valence-corrected chi connectivity index (χ2v) is 4.75. The molecular formula is C14H19NOS. The molecule has 0 fully saturated rings. The van der Waals surface area contributed by atoms with Gasteiger partial charge in [0.25, 0.3) is 4.84 Å². The molecule has 2 nitrogen and oxygen atoms in total. The molecule has 0 radical (unpaired) electrons. The van der Waals surface area contributed by atoms with Crippen molar-refractivity contribution in [2.75, 3.05) is 0 Å². The lowest BCUT2D eigenvalue weighted by atomic mass is 10.1. The van der Waals surface area contributed by atoms with E-state index in [-0.39, 0.29) is 0 Å². The molecule has 0 spiro atoms. The van der Waals surface area contributed by atoms with E-state index in [1.54, 1.807) is 0 Å². The van der Waals surface area contributed by atoms with Gasteiger partial charge in [0, 0.05) is 6.54 Å². The van der Waals surface area contributed by atoms with Crippen LogP contribution >= 0.6 is 12.2 Å². The Balaban J connectivity index is 2.03. The summed E-state index contributed by atoms with van der Waals surface area (Å²) in [5.41, 5.74) is 2.01.